The van der Waals surface area contributed by atoms with Gasteiger partial charge in [0, 0.05) is 28.7 Å². The molecule has 1 saturated heterocycles. The Morgan fingerprint density at radius 2 is 1.51 bits per heavy atom. The molecule has 7 nitrogen and oxygen atoms in total. The standard InChI is InChI=1S/C41H37N3O4S/c1-27-38(26-49-34-10-3-2-4-11-34)47-41(48-39(27)31-16-14-28(25-45)15-17-31)32-20-18-30(19-21-32)33-9-7-8-29(22-33)23-43-40(46)37-24-42-35-12-5-6-13-36(35)44-37/h2-22,24,27,38-39,41,45H,23,25-26H2,1H3,(H,43,46)/t27-,38+,39+,41+/m1/s1. The molecule has 1 aromatic heterocycles. The quantitative estimate of drug-likeness (QED) is 0.142. The molecule has 0 saturated carbocycles. The van der Waals surface area contributed by atoms with Crippen LogP contribution in [0.25, 0.3) is 22.2 Å². The molecule has 8 heteroatoms. The number of thioether (sulfide) groups is 1. The molecule has 0 spiro atoms. The Hall–Kier alpha value is -4.86. The van der Waals surface area contributed by atoms with Crippen LogP contribution in [-0.4, -0.2) is 32.8 Å². The number of hydrogen-bond acceptors (Lipinski definition) is 7. The number of para-hydroxylation sites is 2. The fraction of sp³-hybridized carbons (Fsp3) is 0.195. The largest absolute Gasteiger partial charge is 0.392 e. The van der Waals surface area contributed by atoms with Crippen molar-refractivity contribution in [1.82, 2.24) is 15.3 Å². The molecule has 1 aliphatic rings. The van der Waals surface area contributed by atoms with Crippen LogP contribution in [0.1, 0.15) is 52.1 Å². The second-order valence-corrected chi connectivity index (χ2v) is 13.3. The van der Waals surface area contributed by atoms with E-state index in [0.717, 1.165) is 44.7 Å². The Balaban J connectivity index is 1.05. The third kappa shape index (κ3) is 7.74. The molecule has 0 radical (unpaired) electrons. The molecular weight excluding hydrogens is 631 g/mol. The van der Waals surface area contributed by atoms with Gasteiger partial charge in [0.25, 0.3) is 5.91 Å². The van der Waals surface area contributed by atoms with Crippen molar-refractivity contribution in [1.29, 1.82) is 0 Å². The Bertz CT molecular complexity index is 2020. The van der Waals surface area contributed by atoms with Crippen LogP contribution in [0.5, 0.6) is 0 Å². The molecule has 1 amide bonds. The van der Waals surface area contributed by atoms with Crippen LogP contribution in [0.3, 0.4) is 0 Å². The number of amides is 1. The van der Waals surface area contributed by atoms with Crippen LogP contribution in [0, 0.1) is 5.92 Å². The molecule has 0 unspecified atom stereocenters. The number of hydrogen-bond donors (Lipinski definition) is 2. The van der Waals surface area contributed by atoms with Crippen LogP contribution >= 0.6 is 11.8 Å². The lowest BCUT2D eigenvalue weighted by atomic mass is 9.91. The number of ether oxygens (including phenoxy) is 2. The highest BCUT2D eigenvalue weighted by Gasteiger charge is 2.38. The summed E-state index contributed by atoms with van der Waals surface area (Å²) in [6, 6.07) is 42.3. The summed E-state index contributed by atoms with van der Waals surface area (Å²) in [5.74, 6) is 0.645. The van der Waals surface area contributed by atoms with Gasteiger partial charge in [0.1, 0.15) is 5.69 Å². The number of fused-ring (bicyclic) bond motifs is 1. The summed E-state index contributed by atoms with van der Waals surface area (Å²) in [7, 11) is 0. The van der Waals surface area contributed by atoms with Crippen LogP contribution in [0.15, 0.2) is 138 Å². The minimum atomic E-state index is -0.533. The van der Waals surface area contributed by atoms with E-state index in [0.29, 0.717) is 12.1 Å². The first kappa shape index (κ1) is 32.7. The SMILES string of the molecule is C[C@@H]1[C@H](CSc2ccccc2)O[C@H](c2ccc(-c3cccc(CNC(=O)c4cnc5ccccc5n4)c3)cc2)O[C@@H]1c1ccc(CO)cc1. The van der Waals surface area contributed by atoms with E-state index in [4.69, 9.17) is 9.47 Å². The summed E-state index contributed by atoms with van der Waals surface area (Å²) >= 11 is 1.79. The zero-order valence-corrected chi connectivity index (χ0v) is 27.9. The summed E-state index contributed by atoms with van der Waals surface area (Å²) in [6.45, 7) is 2.56. The van der Waals surface area contributed by atoms with Gasteiger partial charge >= 0.3 is 0 Å². The van der Waals surface area contributed by atoms with E-state index in [1.807, 2.05) is 66.7 Å². The number of nitrogens with one attached hydrogen (secondary N) is 1. The molecule has 7 rings (SSSR count). The van der Waals surface area contributed by atoms with Gasteiger partial charge < -0.3 is 19.9 Å². The van der Waals surface area contributed by atoms with E-state index in [9.17, 15) is 9.90 Å². The summed E-state index contributed by atoms with van der Waals surface area (Å²) in [5.41, 5.74) is 7.69. The molecule has 2 heterocycles. The average Bonchev–Trinajstić information content (AvgIpc) is 3.17. The molecule has 0 aliphatic carbocycles. The number of aliphatic hydroxyl groups is 1. The van der Waals surface area contributed by atoms with Gasteiger partial charge in [-0.15, -0.1) is 11.8 Å². The van der Waals surface area contributed by atoms with Crippen molar-refractivity contribution >= 4 is 28.7 Å². The molecule has 1 aliphatic heterocycles. The summed E-state index contributed by atoms with van der Waals surface area (Å²) < 4.78 is 13.3. The van der Waals surface area contributed by atoms with Crippen molar-refractivity contribution in [2.24, 2.45) is 5.92 Å². The number of aromatic nitrogens is 2. The maximum absolute atomic E-state index is 12.9. The van der Waals surface area contributed by atoms with Gasteiger partial charge in [0.05, 0.1) is 36.0 Å². The van der Waals surface area contributed by atoms with Gasteiger partial charge in [-0.05, 0) is 58.1 Å². The van der Waals surface area contributed by atoms with Gasteiger partial charge in [-0.1, -0.05) is 104 Å². The molecular formula is C41H37N3O4S. The van der Waals surface area contributed by atoms with Gasteiger partial charge in [0.2, 0.25) is 0 Å². The molecule has 2 N–H and O–H groups in total. The third-order valence-electron chi connectivity index (χ3n) is 8.86. The zero-order chi connectivity index (χ0) is 33.6. The highest BCUT2D eigenvalue weighted by molar-refractivity contribution is 7.99. The first-order valence-corrected chi connectivity index (χ1v) is 17.4. The van der Waals surface area contributed by atoms with E-state index in [2.05, 4.69) is 82.9 Å². The van der Waals surface area contributed by atoms with Crippen LogP contribution in [0.4, 0.5) is 0 Å². The molecule has 5 aromatic carbocycles. The molecule has 4 atom stereocenters. The lowest BCUT2D eigenvalue weighted by Gasteiger charge is -2.41. The second kappa shape index (κ2) is 15.1. The van der Waals surface area contributed by atoms with E-state index >= 15 is 0 Å². The van der Waals surface area contributed by atoms with Gasteiger partial charge in [-0.25, -0.2) is 4.98 Å². The molecule has 6 aromatic rings. The number of carbonyl (C=O) groups excluding carboxylic acids is 1. The van der Waals surface area contributed by atoms with Gasteiger partial charge in [0.15, 0.2) is 6.29 Å². The van der Waals surface area contributed by atoms with Crippen molar-refractivity contribution in [3.05, 3.63) is 162 Å². The van der Waals surface area contributed by atoms with Crippen molar-refractivity contribution in [3.8, 4) is 11.1 Å². The lowest BCUT2D eigenvalue weighted by Crippen LogP contribution is -2.38. The second-order valence-electron chi connectivity index (χ2n) is 12.2. The Morgan fingerprint density at radius 1 is 0.776 bits per heavy atom. The summed E-state index contributed by atoms with van der Waals surface area (Å²) in [4.78, 5) is 22.9. The highest BCUT2D eigenvalue weighted by atomic mass is 32.2. The Kier molecular flexibility index (Phi) is 10.1. The van der Waals surface area contributed by atoms with E-state index < -0.39 is 6.29 Å². The average molecular weight is 668 g/mol. The van der Waals surface area contributed by atoms with Crippen molar-refractivity contribution in [2.75, 3.05) is 5.75 Å². The Labute approximate surface area is 290 Å². The maximum Gasteiger partial charge on any atom is 0.271 e. The molecule has 1 fully saturated rings. The van der Waals surface area contributed by atoms with Crippen molar-refractivity contribution in [3.63, 3.8) is 0 Å². The number of carbonyl (C=O) groups is 1. The van der Waals surface area contributed by atoms with Gasteiger partial charge in [-0.2, -0.15) is 0 Å². The first-order valence-electron chi connectivity index (χ1n) is 16.4. The lowest BCUT2D eigenvalue weighted by molar-refractivity contribution is -0.268. The molecule has 0 bridgehead atoms. The van der Waals surface area contributed by atoms with Gasteiger partial charge in [-0.3, -0.25) is 9.78 Å². The zero-order valence-electron chi connectivity index (χ0n) is 27.1. The predicted octanol–water partition coefficient (Wildman–Crippen LogP) is 8.30. The summed E-state index contributed by atoms with van der Waals surface area (Å²) in [5, 5.41) is 12.5. The smallest absolute Gasteiger partial charge is 0.271 e. The van der Waals surface area contributed by atoms with E-state index in [1.54, 1.807) is 11.8 Å². The first-order chi connectivity index (χ1) is 24.0. The topological polar surface area (TPSA) is 93.6 Å². The Morgan fingerprint density at radius 3 is 2.29 bits per heavy atom. The van der Waals surface area contributed by atoms with Crippen LogP contribution in [0.2, 0.25) is 0 Å². The maximum atomic E-state index is 12.9. The molecule has 49 heavy (non-hydrogen) atoms. The fourth-order valence-electron chi connectivity index (χ4n) is 6.04. The number of rotatable bonds is 10. The molecule has 246 valence electrons. The van der Waals surface area contributed by atoms with Crippen LogP contribution in [-0.2, 0) is 22.6 Å². The van der Waals surface area contributed by atoms with Crippen molar-refractivity contribution < 1.29 is 19.4 Å². The number of aliphatic hydroxyl groups excluding tert-OH is 1. The monoisotopic (exact) mass is 667 g/mol. The predicted molar refractivity (Wildman–Crippen MR) is 193 cm³/mol. The normalized spacial score (nSPS) is 19.1. The highest BCUT2D eigenvalue weighted by Crippen LogP contribution is 2.43. The minimum Gasteiger partial charge on any atom is -0.392 e. The van der Waals surface area contributed by atoms with E-state index in [1.165, 1.54) is 11.1 Å². The fourth-order valence-corrected chi connectivity index (χ4v) is 7.13. The third-order valence-corrected chi connectivity index (χ3v) is 9.96. The minimum absolute atomic E-state index is 0.00778. The van der Waals surface area contributed by atoms with Crippen LogP contribution < -0.4 is 5.32 Å². The van der Waals surface area contributed by atoms with Crippen molar-refractivity contribution in [2.45, 2.75) is 43.5 Å². The van der Waals surface area contributed by atoms with E-state index in [-0.39, 0.29) is 36.3 Å². The number of benzene rings is 5. The summed E-state index contributed by atoms with van der Waals surface area (Å²) in [6.07, 6.45) is 0.766. The number of nitrogens with zero attached hydrogens (tertiary/aromatic N) is 2.